The summed E-state index contributed by atoms with van der Waals surface area (Å²) >= 11 is 26.2. The summed E-state index contributed by atoms with van der Waals surface area (Å²) in [6.45, 7) is 12.5. The Morgan fingerprint density at radius 2 is 0.909 bits per heavy atom. The molecule has 2 aromatic carbocycles. The zero-order valence-electron chi connectivity index (χ0n) is 20.1. The van der Waals surface area contributed by atoms with Crippen molar-refractivity contribution < 1.29 is 9.47 Å². The molecule has 184 valence electrons. The highest BCUT2D eigenvalue weighted by Gasteiger charge is 2.29. The lowest BCUT2D eigenvalue weighted by molar-refractivity contribution is 0.226. The average molecular weight is 536 g/mol. The van der Waals surface area contributed by atoms with Crippen molar-refractivity contribution in [1.29, 1.82) is 0 Å². The van der Waals surface area contributed by atoms with Crippen molar-refractivity contribution in [3.8, 4) is 11.5 Å². The molecular weight excluding hydrogens is 502 g/mol. The van der Waals surface area contributed by atoms with E-state index < -0.39 is 16.5 Å². The lowest BCUT2D eigenvalue weighted by Gasteiger charge is -2.29. The van der Waals surface area contributed by atoms with Crippen LogP contribution in [0.1, 0.15) is 65.5 Å². The lowest BCUT2D eigenvalue weighted by Crippen LogP contribution is -2.41. The molecule has 0 bridgehead atoms. The fourth-order valence-corrected chi connectivity index (χ4v) is 4.15. The van der Waals surface area contributed by atoms with Crippen LogP contribution < -0.4 is 20.9 Å². The van der Waals surface area contributed by atoms with E-state index >= 15 is 0 Å². The monoisotopic (exact) mass is 534 g/mol. The van der Waals surface area contributed by atoms with Crippen LogP contribution >= 0.6 is 46.4 Å². The summed E-state index contributed by atoms with van der Waals surface area (Å²) in [5.74, 6) is 0.840. The topological polar surface area (TPSA) is 70.5 Å². The number of rotatable bonds is 10. The third-order valence-electron chi connectivity index (χ3n) is 6.15. The minimum Gasteiger partial charge on any atom is -0.489 e. The van der Waals surface area contributed by atoms with E-state index in [1.807, 2.05) is 65.8 Å². The van der Waals surface area contributed by atoms with Crippen LogP contribution in [0.3, 0.4) is 0 Å². The van der Waals surface area contributed by atoms with Gasteiger partial charge in [0.05, 0.1) is 20.1 Å². The molecule has 0 fully saturated rings. The maximum atomic E-state index is 6.55. The van der Waals surface area contributed by atoms with E-state index in [4.69, 9.17) is 67.3 Å². The van der Waals surface area contributed by atoms with Gasteiger partial charge in [0.25, 0.3) is 0 Å². The highest BCUT2D eigenvalue weighted by atomic mass is 35.5. The molecule has 0 heterocycles. The molecule has 0 saturated carbocycles. The molecule has 0 amide bonds. The number of hydrogen-bond acceptors (Lipinski definition) is 4. The molecule has 0 spiro atoms. The second-order valence-electron chi connectivity index (χ2n) is 9.76. The van der Waals surface area contributed by atoms with Gasteiger partial charge in [-0.1, -0.05) is 74.1 Å². The van der Waals surface area contributed by atoms with Crippen LogP contribution in [0.25, 0.3) is 0 Å². The third-order valence-corrected chi connectivity index (χ3v) is 7.27. The van der Waals surface area contributed by atoms with Gasteiger partial charge in [-0.3, -0.25) is 0 Å². The summed E-state index contributed by atoms with van der Waals surface area (Å²) in [7, 11) is 0. The fraction of sp³-hybridized carbons (Fsp3) is 0.520. The highest BCUT2D eigenvalue weighted by molar-refractivity contribution is 6.38. The Kier molecular flexibility index (Phi) is 9.28. The molecule has 0 aliphatic heterocycles. The molecule has 2 rings (SSSR count). The molecule has 33 heavy (non-hydrogen) atoms. The van der Waals surface area contributed by atoms with Crippen LogP contribution in [0.2, 0.25) is 20.1 Å². The van der Waals surface area contributed by atoms with Crippen molar-refractivity contribution in [3.63, 3.8) is 0 Å². The Balaban J connectivity index is 2.35. The fourth-order valence-electron chi connectivity index (χ4n) is 2.96. The molecule has 0 aliphatic rings. The van der Waals surface area contributed by atoms with Crippen molar-refractivity contribution in [2.45, 2.75) is 70.9 Å². The summed E-state index contributed by atoms with van der Waals surface area (Å²) in [5, 5.41) is 1.65. The number of halogens is 4. The minimum atomic E-state index is -0.505. The molecule has 0 aromatic heterocycles. The maximum Gasteiger partial charge on any atom is 0.156 e. The minimum absolute atomic E-state index is 0.304. The van der Waals surface area contributed by atoms with Gasteiger partial charge in [-0.05, 0) is 62.1 Å². The van der Waals surface area contributed by atoms with E-state index in [0.29, 0.717) is 44.8 Å². The van der Waals surface area contributed by atoms with Crippen LogP contribution in [-0.2, 0) is 5.41 Å². The van der Waals surface area contributed by atoms with Crippen LogP contribution in [0.15, 0.2) is 24.3 Å². The molecule has 2 atom stereocenters. The number of ether oxygens (including phenoxy) is 2. The zero-order valence-corrected chi connectivity index (χ0v) is 23.1. The Morgan fingerprint density at radius 3 is 1.15 bits per heavy atom. The molecule has 2 unspecified atom stereocenters. The van der Waals surface area contributed by atoms with Crippen LogP contribution in [0.4, 0.5) is 0 Å². The van der Waals surface area contributed by atoms with Gasteiger partial charge < -0.3 is 20.9 Å². The Morgan fingerprint density at radius 1 is 0.636 bits per heavy atom. The molecule has 4 nitrogen and oxygen atoms in total. The first kappa shape index (κ1) is 28.4. The van der Waals surface area contributed by atoms with E-state index in [1.54, 1.807) is 0 Å². The molecule has 0 aliphatic carbocycles. The molecule has 4 N–H and O–H groups in total. The summed E-state index contributed by atoms with van der Waals surface area (Å²) in [4.78, 5) is 0. The van der Waals surface area contributed by atoms with Crippen molar-refractivity contribution in [3.05, 3.63) is 55.5 Å². The second-order valence-corrected chi connectivity index (χ2v) is 11.4. The first-order valence-corrected chi connectivity index (χ1v) is 12.5. The van der Waals surface area contributed by atoms with Gasteiger partial charge in [0.15, 0.2) is 11.5 Å². The van der Waals surface area contributed by atoms with Gasteiger partial charge in [-0.15, -0.1) is 0 Å². The van der Waals surface area contributed by atoms with Gasteiger partial charge in [-0.25, -0.2) is 0 Å². The average Bonchev–Trinajstić information content (AvgIpc) is 2.72. The molecule has 0 radical (unpaired) electrons. The van der Waals surface area contributed by atoms with Gasteiger partial charge in [0, 0.05) is 16.5 Å². The largest absolute Gasteiger partial charge is 0.489 e. The Labute approximate surface area is 217 Å². The van der Waals surface area contributed by atoms with E-state index in [-0.39, 0.29) is 0 Å². The van der Waals surface area contributed by atoms with Crippen molar-refractivity contribution >= 4 is 46.4 Å². The van der Waals surface area contributed by atoms with E-state index in [2.05, 4.69) is 0 Å². The Hall–Kier alpha value is -0.880. The summed E-state index contributed by atoms with van der Waals surface area (Å²) in [5.41, 5.74) is 12.7. The van der Waals surface area contributed by atoms with Gasteiger partial charge in [0.1, 0.15) is 13.2 Å². The normalized spacial score (nSPS) is 15.6. The van der Waals surface area contributed by atoms with E-state index in [1.165, 1.54) is 0 Å². The number of benzene rings is 2. The van der Waals surface area contributed by atoms with Gasteiger partial charge in [-0.2, -0.15) is 0 Å². The van der Waals surface area contributed by atoms with Crippen molar-refractivity contribution in [2.24, 2.45) is 11.5 Å². The predicted octanol–water partition coefficient (Wildman–Crippen LogP) is 7.64. The van der Waals surface area contributed by atoms with Gasteiger partial charge in [0.2, 0.25) is 0 Å². The summed E-state index contributed by atoms with van der Waals surface area (Å²) in [6.07, 6.45) is 1.52. The standard InChI is InChI=1S/C25H34Cl4N2O2/c1-7-24(5,30)13-32-21-17(26)9-15(10-18(21)27)23(3,4)16-11-19(28)22(20(29)12-16)33-14-25(6,31)8-2/h9-12H,7-8,13-14,30-31H2,1-6H3. The van der Waals surface area contributed by atoms with Crippen LogP contribution in [0.5, 0.6) is 11.5 Å². The highest BCUT2D eigenvalue weighted by Crippen LogP contribution is 2.44. The third kappa shape index (κ3) is 7.06. The van der Waals surface area contributed by atoms with Crippen molar-refractivity contribution in [1.82, 2.24) is 0 Å². The summed E-state index contributed by atoms with van der Waals surface area (Å²) < 4.78 is 11.7. The van der Waals surface area contributed by atoms with Crippen LogP contribution in [-0.4, -0.2) is 24.3 Å². The van der Waals surface area contributed by atoms with Crippen molar-refractivity contribution in [2.75, 3.05) is 13.2 Å². The maximum absolute atomic E-state index is 6.55. The summed E-state index contributed by atoms with van der Waals surface area (Å²) in [6, 6.07) is 7.37. The SMILES string of the molecule is CCC(C)(N)COc1c(Cl)cc(C(C)(C)c2cc(Cl)c(OCC(C)(N)CC)c(Cl)c2)cc1Cl. The Bertz CT molecular complexity index is 867. The van der Waals surface area contributed by atoms with Crippen LogP contribution in [0, 0.1) is 0 Å². The smallest absolute Gasteiger partial charge is 0.156 e. The number of hydrogen-bond donors (Lipinski definition) is 2. The molecule has 0 saturated heterocycles. The quantitative estimate of drug-likeness (QED) is 0.328. The van der Waals surface area contributed by atoms with E-state index in [9.17, 15) is 0 Å². The number of nitrogens with two attached hydrogens (primary N) is 2. The molecular formula is C25H34Cl4N2O2. The first-order valence-electron chi connectivity index (χ1n) is 11.0. The second kappa shape index (κ2) is 10.8. The lowest BCUT2D eigenvalue weighted by atomic mass is 9.78. The predicted molar refractivity (Wildman–Crippen MR) is 142 cm³/mol. The molecule has 8 heteroatoms. The molecule has 2 aromatic rings. The first-order chi connectivity index (χ1) is 15.1. The van der Waals surface area contributed by atoms with Gasteiger partial charge >= 0.3 is 0 Å². The zero-order chi connectivity index (χ0) is 25.2. The van der Waals surface area contributed by atoms with E-state index in [0.717, 1.165) is 24.0 Å².